The number of hydrogen-bond acceptors (Lipinski definition) is 4. The van der Waals surface area contributed by atoms with Crippen molar-refractivity contribution in [3.8, 4) is 11.1 Å². The van der Waals surface area contributed by atoms with Gasteiger partial charge in [-0.3, -0.25) is 4.79 Å². The molecule has 2 aromatic carbocycles. The molecule has 32 heavy (non-hydrogen) atoms. The topological polar surface area (TPSA) is 105 Å². The van der Waals surface area contributed by atoms with Crippen molar-refractivity contribution in [2.75, 3.05) is 6.61 Å². The lowest BCUT2D eigenvalue weighted by Crippen LogP contribution is -2.52. The second-order valence-corrected chi connectivity index (χ2v) is 8.47. The van der Waals surface area contributed by atoms with E-state index < -0.39 is 30.1 Å². The van der Waals surface area contributed by atoms with Crippen molar-refractivity contribution >= 4 is 18.0 Å². The average molecular weight is 437 g/mol. The zero-order valence-electron chi connectivity index (χ0n) is 18.0. The first-order valence-electron chi connectivity index (χ1n) is 11.1. The van der Waals surface area contributed by atoms with E-state index in [1.54, 1.807) is 0 Å². The monoisotopic (exact) mass is 436 g/mol. The number of aliphatic carboxylic acids is 1. The number of fused-ring (bicyclic) bond motifs is 3. The van der Waals surface area contributed by atoms with E-state index in [1.165, 1.54) is 0 Å². The van der Waals surface area contributed by atoms with Crippen molar-refractivity contribution in [3.05, 3.63) is 59.7 Å². The maximum Gasteiger partial charge on any atom is 0.407 e. The van der Waals surface area contributed by atoms with Gasteiger partial charge in [0.25, 0.3) is 0 Å². The highest BCUT2D eigenvalue weighted by molar-refractivity contribution is 5.89. The van der Waals surface area contributed by atoms with Crippen LogP contribution in [-0.4, -0.2) is 41.8 Å². The molecular weight excluding hydrogens is 408 g/mol. The molecule has 7 nitrogen and oxygen atoms in total. The fourth-order valence-electron chi connectivity index (χ4n) is 4.40. The summed E-state index contributed by atoms with van der Waals surface area (Å²) < 4.78 is 5.55. The molecule has 2 aromatic rings. The van der Waals surface area contributed by atoms with E-state index in [1.807, 2.05) is 43.3 Å². The highest BCUT2D eigenvalue weighted by atomic mass is 16.5. The Morgan fingerprint density at radius 2 is 1.59 bits per heavy atom. The predicted octanol–water partition coefficient (Wildman–Crippen LogP) is 3.67. The first kappa shape index (κ1) is 21.9. The van der Waals surface area contributed by atoms with Crippen LogP contribution in [0.1, 0.15) is 49.7 Å². The predicted molar refractivity (Wildman–Crippen MR) is 119 cm³/mol. The van der Waals surface area contributed by atoms with Crippen molar-refractivity contribution in [3.63, 3.8) is 0 Å². The van der Waals surface area contributed by atoms with Gasteiger partial charge in [0.2, 0.25) is 5.91 Å². The Morgan fingerprint density at radius 1 is 1.00 bits per heavy atom. The molecule has 4 rings (SSSR count). The first-order valence-corrected chi connectivity index (χ1v) is 11.1. The van der Waals surface area contributed by atoms with E-state index in [2.05, 4.69) is 22.8 Å². The Kier molecular flexibility index (Phi) is 6.44. The van der Waals surface area contributed by atoms with Gasteiger partial charge in [-0.25, -0.2) is 9.59 Å². The average Bonchev–Trinajstić information content (AvgIpc) is 3.58. The van der Waals surface area contributed by atoms with Crippen molar-refractivity contribution in [2.24, 2.45) is 5.92 Å². The number of carboxylic acids is 1. The molecule has 0 aromatic heterocycles. The first-order chi connectivity index (χ1) is 15.5. The quantitative estimate of drug-likeness (QED) is 0.556. The second-order valence-electron chi connectivity index (χ2n) is 8.47. The molecule has 0 aliphatic heterocycles. The van der Waals surface area contributed by atoms with Gasteiger partial charge in [0.1, 0.15) is 18.7 Å². The lowest BCUT2D eigenvalue weighted by atomic mass is 9.98. The molecule has 0 spiro atoms. The zero-order valence-corrected chi connectivity index (χ0v) is 18.0. The maximum absolute atomic E-state index is 12.7. The molecule has 1 unspecified atom stereocenters. The largest absolute Gasteiger partial charge is 0.480 e. The molecule has 0 bridgehead atoms. The van der Waals surface area contributed by atoms with E-state index in [0.29, 0.717) is 12.8 Å². The molecule has 0 radical (unpaired) electrons. The summed E-state index contributed by atoms with van der Waals surface area (Å²) in [5.41, 5.74) is 4.51. The minimum absolute atomic E-state index is 0.00607. The van der Waals surface area contributed by atoms with E-state index in [-0.39, 0.29) is 18.4 Å². The molecule has 1 fully saturated rings. The van der Waals surface area contributed by atoms with Gasteiger partial charge < -0.3 is 20.5 Å². The Balaban J connectivity index is 1.40. The summed E-state index contributed by atoms with van der Waals surface area (Å²) >= 11 is 0. The number of benzene rings is 2. The smallest absolute Gasteiger partial charge is 0.407 e. The van der Waals surface area contributed by atoms with Crippen LogP contribution in [0.25, 0.3) is 11.1 Å². The molecule has 1 saturated carbocycles. The Morgan fingerprint density at radius 3 is 2.12 bits per heavy atom. The molecule has 3 N–H and O–H groups in total. The van der Waals surface area contributed by atoms with Crippen molar-refractivity contribution in [2.45, 2.75) is 50.6 Å². The number of alkyl carbamates (subject to hydrolysis) is 1. The van der Waals surface area contributed by atoms with E-state index >= 15 is 0 Å². The summed E-state index contributed by atoms with van der Waals surface area (Å²) in [6, 6.07) is 14.4. The van der Waals surface area contributed by atoms with Crippen LogP contribution in [0.2, 0.25) is 0 Å². The highest BCUT2D eigenvalue weighted by Gasteiger charge is 2.39. The Labute approximate surface area is 187 Å². The van der Waals surface area contributed by atoms with Gasteiger partial charge in [-0.2, -0.15) is 0 Å². The van der Waals surface area contributed by atoms with Crippen LogP contribution in [0.3, 0.4) is 0 Å². The minimum atomic E-state index is -1.07. The number of carbonyl (C=O) groups excluding carboxylic acids is 2. The van der Waals surface area contributed by atoms with Crippen LogP contribution in [0.15, 0.2) is 48.5 Å². The maximum atomic E-state index is 12.7. The fraction of sp³-hybridized carbons (Fsp3) is 0.400. The number of ether oxygens (including phenoxy) is 1. The van der Waals surface area contributed by atoms with Crippen LogP contribution < -0.4 is 10.6 Å². The molecule has 2 aliphatic rings. The normalized spacial score (nSPS) is 16.4. The van der Waals surface area contributed by atoms with Crippen LogP contribution in [0.4, 0.5) is 4.79 Å². The molecule has 2 atom stereocenters. The van der Waals surface area contributed by atoms with Gasteiger partial charge in [0.15, 0.2) is 0 Å². The molecule has 2 aliphatic carbocycles. The van der Waals surface area contributed by atoms with Crippen LogP contribution in [0, 0.1) is 5.92 Å². The fourth-order valence-corrected chi connectivity index (χ4v) is 4.40. The summed E-state index contributed by atoms with van der Waals surface area (Å²) in [5, 5.41) is 14.5. The van der Waals surface area contributed by atoms with Gasteiger partial charge in [0.05, 0.1) is 0 Å². The third kappa shape index (κ3) is 4.61. The molecule has 0 saturated heterocycles. The summed E-state index contributed by atoms with van der Waals surface area (Å²) in [6.07, 6.45) is 1.93. The lowest BCUT2D eigenvalue weighted by Gasteiger charge is -2.21. The van der Waals surface area contributed by atoms with Crippen LogP contribution >= 0.6 is 0 Å². The molecule has 2 amide bonds. The van der Waals surface area contributed by atoms with Crippen LogP contribution in [-0.2, 0) is 14.3 Å². The lowest BCUT2D eigenvalue weighted by molar-refractivity contribution is -0.142. The van der Waals surface area contributed by atoms with Gasteiger partial charge in [-0.1, -0.05) is 61.9 Å². The summed E-state index contributed by atoms with van der Waals surface area (Å²) in [7, 11) is 0. The standard InChI is InChI=1S/C25H28N2O5/c1-2-7-21(24(29)30)26-23(28)22(15-12-13-15)27-25(31)32-14-20-18-10-5-3-8-16(18)17-9-4-6-11-19(17)20/h3-6,8-11,15,20-22H,2,7,12-14H2,1H3,(H,26,28)(H,27,31)(H,29,30)/t21-,22?/m0/s1. The number of carbonyl (C=O) groups is 3. The Bertz CT molecular complexity index is 971. The number of amides is 2. The molecular formula is C25H28N2O5. The van der Waals surface area contributed by atoms with Crippen molar-refractivity contribution < 1.29 is 24.2 Å². The third-order valence-electron chi connectivity index (χ3n) is 6.18. The number of hydrogen-bond donors (Lipinski definition) is 3. The van der Waals surface area contributed by atoms with E-state index in [9.17, 15) is 19.5 Å². The highest BCUT2D eigenvalue weighted by Crippen LogP contribution is 2.44. The van der Waals surface area contributed by atoms with E-state index in [4.69, 9.17) is 4.74 Å². The summed E-state index contributed by atoms with van der Waals surface area (Å²) in [5.74, 6) is -1.61. The van der Waals surface area contributed by atoms with Gasteiger partial charge in [0, 0.05) is 5.92 Å². The molecule has 0 heterocycles. The van der Waals surface area contributed by atoms with Gasteiger partial charge in [-0.15, -0.1) is 0 Å². The van der Waals surface area contributed by atoms with Gasteiger partial charge >= 0.3 is 12.1 Å². The molecule has 7 heteroatoms. The van der Waals surface area contributed by atoms with Gasteiger partial charge in [-0.05, 0) is 47.4 Å². The zero-order chi connectivity index (χ0) is 22.7. The SMILES string of the molecule is CCC[C@H](NC(=O)C(NC(=O)OCC1c2ccccc2-c2ccccc21)C1CC1)C(=O)O. The second kappa shape index (κ2) is 9.42. The van der Waals surface area contributed by atoms with E-state index in [0.717, 1.165) is 35.1 Å². The summed E-state index contributed by atoms with van der Waals surface area (Å²) in [4.78, 5) is 36.7. The molecule has 168 valence electrons. The summed E-state index contributed by atoms with van der Waals surface area (Å²) in [6.45, 7) is 2.02. The van der Waals surface area contributed by atoms with Crippen molar-refractivity contribution in [1.29, 1.82) is 0 Å². The van der Waals surface area contributed by atoms with Crippen LogP contribution in [0.5, 0.6) is 0 Å². The third-order valence-corrected chi connectivity index (χ3v) is 6.18. The number of nitrogens with one attached hydrogen (secondary N) is 2. The Hall–Kier alpha value is -3.35. The van der Waals surface area contributed by atoms with Crippen molar-refractivity contribution in [1.82, 2.24) is 10.6 Å². The minimum Gasteiger partial charge on any atom is -0.480 e. The number of carboxylic acid groups (broad SMARTS) is 1. The number of rotatable bonds is 9.